The maximum atomic E-state index is 12.4. The van der Waals surface area contributed by atoms with E-state index in [4.69, 9.17) is 16.3 Å². The van der Waals surface area contributed by atoms with Gasteiger partial charge >= 0.3 is 6.03 Å². The van der Waals surface area contributed by atoms with Crippen molar-refractivity contribution in [2.45, 2.75) is 32.2 Å². The third-order valence-corrected chi connectivity index (χ3v) is 4.00. The van der Waals surface area contributed by atoms with Crippen molar-refractivity contribution < 1.29 is 14.3 Å². The highest BCUT2D eigenvalue weighted by atomic mass is 35.5. The summed E-state index contributed by atoms with van der Waals surface area (Å²) >= 11 is 6.16. The molecule has 6 nitrogen and oxygen atoms in total. The third-order valence-electron chi connectivity index (χ3n) is 3.71. The molecule has 2 rings (SSSR count). The number of rotatable bonds is 5. The van der Waals surface area contributed by atoms with Gasteiger partial charge in [-0.3, -0.25) is 4.79 Å². The van der Waals surface area contributed by atoms with Crippen LogP contribution in [-0.4, -0.2) is 43.1 Å². The normalized spacial score (nSPS) is 17.0. The van der Waals surface area contributed by atoms with Gasteiger partial charge in [0, 0.05) is 19.3 Å². The Kier molecular flexibility index (Phi) is 6.10. The second kappa shape index (κ2) is 8.06. The molecule has 1 heterocycles. The minimum absolute atomic E-state index is 0.140. The summed E-state index contributed by atoms with van der Waals surface area (Å²) in [4.78, 5) is 25.7. The zero-order valence-electron chi connectivity index (χ0n) is 13.4. The molecule has 1 aliphatic heterocycles. The van der Waals surface area contributed by atoms with Crippen molar-refractivity contribution in [1.82, 2.24) is 10.2 Å². The van der Waals surface area contributed by atoms with E-state index < -0.39 is 6.04 Å². The molecular formula is C16H22ClN3O3. The Morgan fingerprint density at radius 1 is 1.43 bits per heavy atom. The molecule has 0 radical (unpaired) electrons. The Bertz CT molecular complexity index is 580. The van der Waals surface area contributed by atoms with Crippen LogP contribution in [0.1, 0.15) is 26.2 Å². The van der Waals surface area contributed by atoms with Gasteiger partial charge in [0.25, 0.3) is 0 Å². The predicted octanol–water partition coefficient (Wildman–Crippen LogP) is 2.87. The molecule has 0 aliphatic carbocycles. The number of hydrogen-bond donors (Lipinski definition) is 2. The topological polar surface area (TPSA) is 70.7 Å². The number of nitrogens with zero attached hydrogens (tertiary/aromatic N) is 1. The molecule has 0 saturated carbocycles. The summed E-state index contributed by atoms with van der Waals surface area (Å²) in [6.45, 7) is 3.17. The minimum Gasteiger partial charge on any atom is -0.492 e. The molecule has 126 valence electrons. The van der Waals surface area contributed by atoms with E-state index in [9.17, 15) is 9.59 Å². The number of benzene rings is 1. The maximum absolute atomic E-state index is 12.4. The van der Waals surface area contributed by atoms with Gasteiger partial charge < -0.3 is 20.3 Å². The van der Waals surface area contributed by atoms with E-state index in [0.29, 0.717) is 36.0 Å². The van der Waals surface area contributed by atoms with Gasteiger partial charge in [0.05, 0.1) is 11.6 Å². The van der Waals surface area contributed by atoms with Crippen molar-refractivity contribution in [1.29, 1.82) is 0 Å². The number of nitrogens with one attached hydrogen (secondary N) is 2. The van der Waals surface area contributed by atoms with Crippen LogP contribution in [-0.2, 0) is 4.79 Å². The summed E-state index contributed by atoms with van der Waals surface area (Å²) in [5.74, 6) is 0.454. The van der Waals surface area contributed by atoms with Crippen LogP contribution in [0.25, 0.3) is 0 Å². The molecule has 1 saturated heterocycles. The zero-order valence-corrected chi connectivity index (χ0v) is 14.2. The van der Waals surface area contributed by atoms with Crippen molar-refractivity contribution in [2.75, 3.05) is 25.5 Å². The number of ether oxygens (including phenoxy) is 1. The van der Waals surface area contributed by atoms with Gasteiger partial charge in [-0.15, -0.1) is 0 Å². The first-order valence-corrected chi connectivity index (χ1v) is 8.16. The molecule has 2 N–H and O–H groups in total. The van der Waals surface area contributed by atoms with Crippen LogP contribution in [0.15, 0.2) is 18.2 Å². The van der Waals surface area contributed by atoms with Crippen LogP contribution in [0.2, 0.25) is 5.02 Å². The number of hydrogen-bond acceptors (Lipinski definition) is 3. The van der Waals surface area contributed by atoms with E-state index in [0.717, 1.165) is 12.8 Å². The van der Waals surface area contributed by atoms with E-state index >= 15 is 0 Å². The number of carbonyl (C=O) groups excluding carboxylic acids is 2. The van der Waals surface area contributed by atoms with E-state index in [1.807, 2.05) is 6.92 Å². The molecule has 1 unspecified atom stereocenters. The molecule has 1 aromatic rings. The summed E-state index contributed by atoms with van der Waals surface area (Å²) in [5.41, 5.74) is 0.575. The second-order valence-electron chi connectivity index (χ2n) is 5.39. The molecular weight excluding hydrogens is 318 g/mol. The van der Waals surface area contributed by atoms with Crippen molar-refractivity contribution >= 4 is 29.2 Å². The average molecular weight is 340 g/mol. The monoisotopic (exact) mass is 339 g/mol. The summed E-state index contributed by atoms with van der Waals surface area (Å²) in [6.07, 6.45) is 2.39. The molecule has 0 bridgehead atoms. The number of likely N-dealkylation sites (tertiary alicyclic amines) is 1. The molecule has 0 spiro atoms. The number of halogens is 1. The SMILES string of the molecule is CCCOc1ccc(NC(=O)N2CCCC2C(=O)NC)cc1Cl. The van der Waals surface area contributed by atoms with Crippen LogP contribution < -0.4 is 15.4 Å². The highest BCUT2D eigenvalue weighted by Crippen LogP contribution is 2.28. The number of carbonyl (C=O) groups is 2. The van der Waals surface area contributed by atoms with Crippen LogP contribution >= 0.6 is 11.6 Å². The van der Waals surface area contributed by atoms with Crippen molar-refractivity contribution in [3.8, 4) is 5.75 Å². The van der Waals surface area contributed by atoms with Crippen LogP contribution in [0.5, 0.6) is 5.75 Å². The van der Waals surface area contributed by atoms with Gasteiger partial charge in [0.1, 0.15) is 11.8 Å². The van der Waals surface area contributed by atoms with Gasteiger partial charge in [0.2, 0.25) is 5.91 Å². The highest BCUT2D eigenvalue weighted by Gasteiger charge is 2.33. The first-order valence-electron chi connectivity index (χ1n) is 7.78. The van der Waals surface area contributed by atoms with Crippen molar-refractivity contribution in [3.05, 3.63) is 23.2 Å². The van der Waals surface area contributed by atoms with E-state index in [1.165, 1.54) is 0 Å². The van der Waals surface area contributed by atoms with E-state index in [-0.39, 0.29) is 11.9 Å². The lowest BCUT2D eigenvalue weighted by Gasteiger charge is -2.23. The lowest BCUT2D eigenvalue weighted by Crippen LogP contribution is -2.46. The van der Waals surface area contributed by atoms with Gasteiger partial charge in [0.15, 0.2) is 0 Å². The number of likely N-dealkylation sites (N-methyl/N-ethyl adjacent to an activating group) is 1. The molecule has 1 fully saturated rings. The van der Waals surface area contributed by atoms with Crippen LogP contribution in [0, 0.1) is 0 Å². The molecule has 1 aliphatic rings. The molecule has 0 aromatic heterocycles. The number of urea groups is 1. The summed E-state index contributed by atoms with van der Waals surface area (Å²) < 4.78 is 5.50. The first kappa shape index (κ1) is 17.4. The largest absolute Gasteiger partial charge is 0.492 e. The Hall–Kier alpha value is -1.95. The lowest BCUT2D eigenvalue weighted by molar-refractivity contribution is -0.124. The van der Waals surface area contributed by atoms with Gasteiger partial charge in [-0.05, 0) is 37.5 Å². The fourth-order valence-corrected chi connectivity index (χ4v) is 2.79. The minimum atomic E-state index is -0.414. The molecule has 1 atom stereocenters. The number of anilines is 1. The lowest BCUT2D eigenvalue weighted by atomic mass is 10.2. The standard InChI is InChI=1S/C16H22ClN3O3/c1-3-9-23-14-7-6-11(10-12(14)17)19-16(22)20-8-4-5-13(20)15(21)18-2/h6-7,10,13H,3-5,8-9H2,1-2H3,(H,18,21)(H,19,22). The van der Waals surface area contributed by atoms with Crippen molar-refractivity contribution in [3.63, 3.8) is 0 Å². The zero-order chi connectivity index (χ0) is 16.8. The Balaban J connectivity index is 2.02. The molecule has 23 heavy (non-hydrogen) atoms. The van der Waals surface area contributed by atoms with Crippen LogP contribution in [0.3, 0.4) is 0 Å². The fourth-order valence-electron chi connectivity index (χ4n) is 2.55. The van der Waals surface area contributed by atoms with E-state index in [2.05, 4.69) is 10.6 Å². The quantitative estimate of drug-likeness (QED) is 0.866. The summed E-state index contributed by atoms with van der Waals surface area (Å²) in [5, 5.41) is 5.82. The Labute approximate surface area is 141 Å². The van der Waals surface area contributed by atoms with Gasteiger partial charge in [-0.25, -0.2) is 4.79 Å². The van der Waals surface area contributed by atoms with E-state index in [1.54, 1.807) is 30.1 Å². The Morgan fingerprint density at radius 2 is 2.22 bits per heavy atom. The van der Waals surface area contributed by atoms with Gasteiger partial charge in [-0.2, -0.15) is 0 Å². The molecule has 1 aromatic carbocycles. The van der Waals surface area contributed by atoms with Crippen LogP contribution in [0.4, 0.5) is 10.5 Å². The molecule has 3 amide bonds. The highest BCUT2D eigenvalue weighted by molar-refractivity contribution is 6.32. The third kappa shape index (κ3) is 4.28. The predicted molar refractivity (Wildman–Crippen MR) is 90.1 cm³/mol. The first-order chi connectivity index (χ1) is 11.1. The maximum Gasteiger partial charge on any atom is 0.322 e. The smallest absolute Gasteiger partial charge is 0.322 e. The average Bonchev–Trinajstić information content (AvgIpc) is 3.03. The fraction of sp³-hybridized carbons (Fsp3) is 0.500. The summed E-state index contributed by atoms with van der Waals surface area (Å²) in [6, 6.07) is 4.40. The second-order valence-corrected chi connectivity index (χ2v) is 5.80. The van der Waals surface area contributed by atoms with Crippen molar-refractivity contribution in [2.24, 2.45) is 0 Å². The Morgan fingerprint density at radius 3 is 2.87 bits per heavy atom. The number of amides is 3. The van der Waals surface area contributed by atoms with Gasteiger partial charge in [-0.1, -0.05) is 18.5 Å². The molecule has 7 heteroatoms. The summed E-state index contributed by atoms with van der Waals surface area (Å²) in [7, 11) is 1.57.